The van der Waals surface area contributed by atoms with E-state index in [1.807, 2.05) is 4.68 Å². The number of aromatic nitrogens is 3. The number of nitrogens with one attached hydrogen (secondary N) is 1. The van der Waals surface area contributed by atoms with E-state index in [1.54, 1.807) is 18.3 Å². The molecule has 1 fully saturated rings. The van der Waals surface area contributed by atoms with Crippen LogP contribution in [0.3, 0.4) is 0 Å². The summed E-state index contributed by atoms with van der Waals surface area (Å²) in [5.41, 5.74) is 1.24. The van der Waals surface area contributed by atoms with Gasteiger partial charge in [-0.2, -0.15) is 18.3 Å². The van der Waals surface area contributed by atoms with Gasteiger partial charge in [0.15, 0.2) is 0 Å². The van der Waals surface area contributed by atoms with Crippen molar-refractivity contribution in [2.75, 3.05) is 0 Å². The Morgan fingerprint density at radius 1 is 1.12 bits per heavy atom. The summed E-state index contributed by atoms with van der Waals surface area (Å²) in [5, 5.41) is 14.8. The number of nitrogens with zero attached hydrogens (tertiary/aromatic N) is 2. The molecule has 0 saturated heterocycles. The Morgan fingerprint density at radius 2 is 1.88 bits per heavy atom. The number of aliphatic hydroxyl groups excluding tert-OH is 1. The molecule has 1 saturated carbocycles. The van der Waals surface area contributed by atoms with Gasteiger partial charge in [0.25, 0.3) is 0 Å². The van der Waals surface area contributed by atoms with Gasteiger partial charge in [0, 0.05) is 11.6 Å². The Labute approximate surface area is 142 Å². The van der Waals surface area contributed by atoms with Gasteiger partial charge >= 0.3 is 6.18 Å². The van der Waals surface area contributed by atoms with Crippen molar-refractivity contribution < 1.29 is 18.3 Å². The second kappa shape index (κ2) is 5.91. The fourth-order valence-corrected chi connectivity index (χ4v) is 3.58. The molecule has 0 amide bonds. The van der Waals surface area contributed by atoms with Gasteiger partial charge in [0.1, 0.15) is 5.69 Å². The van der Waals surface area contributed by atoms with E-state index >= 15 is 0 Å². The standard InChI is InChI=1S/C18H18F3N3O/c19-18(20,21)11-3-8-16-14(10-11)17(15-2-1-9-22-15)23-24(16)12-4-6-13(25)7-5-12/h1-3,8-10,12-13,22,25H,4-7H2. The van der Waals surface area contributed by atoms with E-state index in [4.69, 9.17) is 0 Å². The topological polar surface area (TPSA) is 53.8 Å². The van der Waals surface area contributed by atoms with Crippen molar-refractivity contribution in [3.63, 3.8) is 0 Å². The summed E-state index contributed by atoms with van der Waals surface area (Å²) in [6.45, 7) is 0. The molecule has 132 valence electrons. The average molecular weight is 349 g/mol. The van der Waals surface area contributed by atoms with E-state index in [0.29, 0.717) is 35.1 Å². The quantitative estimate of drug-likeness (QED) is 0.714. The first kappa shape index (κ1) is 16.2. The summed E-state index contributed by atoms with van der Waals surface area (Å²) in [6, 6.07) is 7.47. The maximum absolute atomic E-state index is 13.1. The number of aliphatic hydroxyl groups is 1. The first-order chi connectivity index (χ1) is 11.9. The second-order valence-corrected chi connectivity index (χ2v) is 6.57. The molecule has 2 N–H and O–H groups in total. The van der Waals surface area contributed by atoms with Crippen LogP contribution in [0.1, 0.15) is 37.3 Å². The Balaban J connectivity index is 1.87. The van der Waals surface area contributed by atoms with Crippen LogP contribution in [0.5, 0.6) is 0 Å². The van der Waals surface area contributed by atoms with Gasteiger partial charge in [-0.05, 0) is 56.0 Å². The third-order valence-electron chi connectivity index (χ3n) is 4.90. The summed E-state index contributed by atoms with van der Waals surface area (Å²) in [6.07, 6.45) is -0.0534. The highest BCUT2D eigenvalue weighted by Gasteiger charge is 2.32. The molecule has 0 atom stereocenters. The minimum absolute atomic E-state index is 0.0892. The molecule has 0 bridgehead atoms. The predicted octanol–water partition coefficient (Wildman–Crippen LogP) is 4.53. The molecule has 0 unspecified atom stereocenters. The molecule has 4 nitrogen and oxygen atoms in total. The summed E-state index contributed by atoms with van der Waals surface area (Å²) < 4.78 is 41.2. The van der Waals surface area contributed by atoms with Crippen LogP contribution in [0.4, 0.5) is 13.2 Å². The van der Waals surface area contributed by atoms with Gasteiger partial charge in [-0.1, -0.05) is 0 Å². The van der Waals surface area contributed by atoms with Crippen LogP contribution < -0.4 is 0 Å². The minimum Gasteiger partial charge on any atom is -0.393 e. The second-order valence-electron chi connectivity index (χ2n) is 6.57. The van der Waals surface area contributed by atoms with Gasteiger partial charge in [-0.3, -0.25) is 4.68 Å². The number of hydrogen-bond donors (Lipinski definition) is 2. The SMILES string of the molecule is OC1CCC(n2nc(-c3ccc[nH]3)c3cc(C(F)(F)F)ccc32)CC1. The lowest BCUT2D eigenvalue weighted by Gasteiger charge is -2.26. The number of benzene rings is 1. The van der Waals surface area contributed by atoms with Crippen LogP contribution in [0.15, 0.2) is 36.5 Å². The lowest BCUT2D eigenvalue weighted by molar-refractivity contribution is -0.137. The molecule has 4 rings (SSSR count). The van der Waals surface area contributed by atoms with Crippen LogP contribution in [0, 0.1) is 0 Å². The van der Waals surface area contributed by atoms with Crippen molar-refractivity contribution in [1.82, 2.24) is 14.8 Å². The lowest BCUT2D eigenvalue weighted by atomic mass is 9.93. The predicted molar refractivity (Wildman–Crippen MR) is 88.0 cm³/mol. The Morgan fingerprint density at radius 3 is 2.52 bits per heavy atom. The van der Waals surface area contributed by atoms with Crippen LogP contribution in [-0.2, 0) is 6.18 Å². The van der Waals surface area contributed by atoms with Crippen LogP contribution in [0.2, 0.25) is 0 Å². The molecule has 2 aromatic heterocycles. The largest absolute Gasteiger partial charge is 0.416 e. The first-order valence-corrected chi connectivity index (χ1v) is 8.35. The van der Waals surface area contributed by atoms with E-state index in [2.05, 4.69) is 10.1 Å². The molecule has 25 heavy (non-hydrogen) atoms. The molecule has 0 aliphatic heterocycles. The van der Waals surface area contributed by atoms with E-state index in [9.17, 15) is 18.3 Å². The molecule has 1 aromatic carbocycles. The number of alkyl halides is 3. The molecule has 3 aromatic rings. The first-order valence-electron chi connectivity index (χ1n) is 8.35. The van der Waals surface area contributed by atoms with E-state index in [1.165, 1.54) is 12.1 Å². The fraction of sp³-hybridized carbons (Fsp3) is 0.389. The smallest absolute Gasteiger partial charge is 0.393 e. The van der Waals surface area contributed by atoms with Crippen molar-refractivity contribution in [1.29, 1.82) is 0 Å². The lowest BCUT2D eigenvalue weighted by Crippen LogP contribution is -2.21. The molecule has 0 radical (unpaired) electrons. The van der Waals surface area contributed by atoms with Gasteiger partial charge in [-0.25, -0.2) is 0 Å². The Bertz CT molecular complexity index is 875. The van der Waals surface area contributed by atoms with Gasteiger partial charge in [0.05, 0.1) is 28.9 Å². The van der Waals surface area contributed by atoms with E-state index in [0.717, 1.165) is 18.9 Å². The van der Waals surface area contributed by atoms with Crippen LogP contribution >= 0.6 is 0 Å². The molecule has 0 spiro atoms. The monoisotopic (exact) mass is 349 g/mol. The van der Waals surface area contributed by atoms with Gasteiger partial charge in [-0.15, -0.1) is 0 Å². The fourth-order valence-electron chi connectivity index (χ4n) is 3.58. The van der Waals surface area contributed by atoms with Crippen molar-refractivity contribution in [3.05, 3.63) is 42.1 Å². The zero-order chi connectivity index (χ0) is 17.6. The number of fused-ring (bicyclic) bond motifs is 1. The van der Waals surface area contributed by atoms with Crippen molar-refractivity contribution in [3.8, 4) is 11.4 Å². The summed E-state index contributed by atoms with van der Waals surface area (Å²) >= 11 is 0. The maximum Gasteiger partial charge on any atom is 0.416 e. The number of H-pyrrole nitrogens is 1. The Hall–Kier alpha value is -2.28. The number of hydrogen-bond acceptors (Lipinski definition) is 2. The zero-order valence-electron chi connectivity index (χ0n) is 13.4. The molecular formula is C18H18F3N3O. The van der Waals surface area contributed by atoms with Gasteiger partial charge in [0.2, 0.25) is 0 Å². The summed E-state index contributed by atoms with van der Waals surface area (Å²) in [5.74, 6) is 0. The summed E-state index contributed by atoms with van der Waals surface area (Å²) in [7, 11) is 0. The highest BCUT2D eigenvalue weighted by Crippen LogP contribution is 2.38. The average Bonchev–Trinajstić information content (AvgIpc) is 3.21. The van der Waals surface area contributed by atoms with Gasteiger partial charge < -0.3 is 10.1 Å². The molecule has 1 aliphatic rings. The molecule has 1 aliphatic carbocycles. The number of rotatable bonds is 2. The number of aromatic amines is 1. The van der Waals surface area contributed by atoms with Crippen molar-refractivity contribution >= 4 is 10.9 Å². The normalized spacial score (nSPS) is 21.8. The Kier molecular flexibility index (Phi) is 3.83. The molecular weight excluding hydrogens is 331 g/mol. The van der Waals surface area contributed by atoms with E-state index in [-0.39, 0.29) is 12.1 Å². The van der Waals surface area contributed by atoms with E-state index < -0.39 is 11.7 Å². The van der Waals surface area contributed by atoms with Crippen molar-refractivity contribution in [2.24, 2.45) is 0 Å². The number of halogens is 3. The van der Waals surface area contributed by atoms with Crippen LogP contribution in [-0.4, -0.2) is 26.0 Å². The van der Waals surface area contributed by atoms with Crippen LogP contribution in [0.25, 0.3) is 22.3 Å². The summed E-state index contributed by atoms with van der Waals surface area (Å²) in [4.78, 5) is 3.03. The third-order valence-corrected chi connectivity index (χ3v) is 4.90. The highest BCUT2D eigenvalue weighted by molar-refractivity contribution is 5.93. The third kappa shape index (κ3) is 2.93. The zero-order valence-corrected chi connectivity index (χ0v) is 13.4. The molecule has 2 heterocycles. The highest BCUT2D eigenvalue weighted by atomic mass is 19.4. The minimum atomic E-state index is -4.39. The maximum atomic E-state index is 13.1. The molecule has 7 heteroatoms. The van der Waals surface area contributed by atoms with Crippen molar-refractivity contribution in [2.45, 2.75) is 44.0 Å².